The lowest BCUT2D eigenvalue weighted by Gasteiger charge is -2.23. The summed E-state index contributed by atoms with van der Waals surface area (Å²) in [5.41, 5.74) is 0.637. The van der Waals surface area contributed by atoms with E-state index in [0.717, 1.165) is 51.5 Å². The van der Waals surface area contributed by atoms with Gasteiger partial charge in [0.15, 0.2) is 15.1 Å². The summed E-state index contributed by atoms with van der Waals surface area (Å²) in [6, 6.07) is 7.64. The number of unbranched alkanes of at least 4 members (excludes halogenated alkanes) is 5. The summed E-state index contributed by atoms with van der Waals surface area (Å²) in [5.74, 6) is -0.779. The number of ether oxygens (including phenoxy) is 1. The van der Waals surface area contributed by atoms with Crippen LogP contribution in [0, 0.1) is 0 Å². The number of carboxylic acids is 1. The van der Waals surface area contributed by atoms with Gasteiger partial charge in [-0.3, -0.25) is 4.79 Å². The van der Waals surface area contributed by atoms with Crippen LogP contribution in [-0.4, -0.2) is 49.7 Å². The van der Waals surface area contributed by atoms with E-state index in [2.05, 4.69) is 12.2 Å². The average Bonchev–Trinajstić information content (AvgIpc) is 2.75. The second-order valence-corrected chi connectivity index (χ2v) is 10.9. The van der Waals surface area contributed by atoms with Crippen molar-refractivity contribution in [3.05, 3.63) is 29.8 Å². The first-order valence-electron chi connectivity index (χ1n) is 11.8. The highest BCUT2D eigenvalue weighted by Crippen LogP contribution is 2.23. The van der Waals surface area contributed by atoms with E-state index in [1.54, 1.807) is 18.2 Å². The minimum absolute atomic E-state index is 0.0641. The van der Waals surface area contributed by atoms with Gasteiger partial charge < -0.3 is 15.2 Å². The number of benzene rings is 1. The first-order chi connectivity index (χ1) is 14.9. The number of aliphatic carboxylic acids is 1. The molecular formula is C24H39NO5S. The fourth-order valence-corrected chi connectivity index (χ4v) is 5.72. The van der Waals surface area contributed by atoms with Gasteiger partial charge in [0.25, 0.3) is 0 Å². The molecule has 31 heavy (non-hydrogen) atoms. The molecule has 0 saturated carbocycles. The van der Waals surface area contributed by atoms with Crippen LogP contribution < -0.4 is 10.1 Å². The predicted octanol–water partition coefficient (Wildman–Crippen LogP) is 4.37. The van der Waals surface area contributed by atoms with Crippen LogP contribution in [0.3, 0.4) is 0 Å². The second-order valence-electron chi connectivity index (χ2n) is 8.56. The van der Waals surface area contributed by atoms with Crippen molar-refractivity contribution in [3.63, 3.8) is 0 Å². The maximum atomic E-state index is 12.8. The molecule has 1 fully saturated rings. The number of piperidine rings is 1. The highest BCUT2D eigenvalue weighted by atomic mass is 32.2. The molecule has 2 atom stereocenters. The van der Waals surface area contributed by atoms with E-state index in [-0.39, 0.29) is 12.2 Å². The zero-order chi connectivity index (χ0) is 22.5. The molecule has 2 N–H and O–H groups in total. The van der Waals surface area contributed by atoms with Crippen molar-refractivity contribution in [1.29, 1.82) is 0 Å². The van der Waals surface area contributed by atoms with Crippen LogP contribution in [0.1, 0.15) is 76.7 Å². The predicted molar refractivity (Wildman–Crippen MR) is 124 cm³/mol. The quantitative estimate of drug-likeness (QED) is 0.383. The molecule has 0 aromatic heterocycles. The van der Waals surface area contributed by atoms with Gasteiger partial charge in [-0.25, -0.2) is 8.42 Å². The van der Waals surface area contributed by atoms with Crippen LogP contribution in [0.5, 0.6) is 5.75 Å². The van der Waals surface area contributed by atoms with E-state index in [0.29, 0.717) is 30.4 Å². The molecule has 6 nitrogen and oxygen atoms in total. The molecule has 0 spiro atoms. The summed E-state index contributed by atoms with van der Waals surface area (Å²) in [4.78, 5) is 11.8. The maximum Gasteiger partial charge on any atom is 0.322 e. The largest absolute Gasteiger partial charge is 0.493 e. The lowest BCUT2D eigenvalue weighted by atomic mass is 10.0. The van der Waals surface area contributed by atoms with Crippen LogP contribution in [0.4, 0.5) is 0 Å². The molecule has 1 aliphatic rings. The molecule has 1 saturated heterocycles. The number of carboxylic acid groups (broad SMARTS) is 1. The topological polar surface area (TPSA) is 92.7 Å². The van der Waals surface area contributed by atoms with Crippen molar-refractivity contribution in [1.82, 2.24) is 5.32 Å². The Morgan fingerprint density at radius 1 is 1.16 bits per heavy atom. The Bertz CT molecular complexity index is 759. The fourth-order valence-electron chi connectivity index (χ4n) is 4.09. The summed E-state index contributed by atoms with van der Waals surface area (Å²) < 4.78 is 31.5. The van der Waals surface area contributed by atoms with Gasteiger partial charge in [-0.1, -0.05) is 63.6 Å². The van der Waals surface area contributed by atoms with Crippen molar-refractivity contribution in [2.75, 3.05) is 18.9 Å². The molecule has 1 aliphatic heterocycles. The Balaban J connectivity index is 1.93. The van der Waals surface area contributed by atoms with Crippen molar-refractivity contribution < 1.29 is 23.1 Å². The van der Waals surface area contributed by atoms with Gasteiger partial charge in [0.05, 0.1) is 12.4 Å². The Morgan fingerprint density at radius 2 is 1.90 bits per heavy atom. The van der Waals surface area contributed by atoms with E-state index in [1.807, 2.05) is 6.07 Å². The standard InChI is InChI=1S/C24H39NO5S/c1-2-3-4-5-6-11-18-31(28,29)23(24(26)27)19-20-12-7-8-14-22(20)30-17-15-21-13-9-10-16-25-21/h7-8,12,14,21,23,25H,2-6,9-11,13,15-19H2,1H3,(H,26,27). The summed E-state index contributed by atoms with van der Waals surface area (Å²) in [6.07, 6.45) is 10.1. The van der Waals surface area contributed by atoms with E-state index in [4.69, 9.17) is 4.74 Å². The molecular weight excluding hydrogens is 414 g/mol. The zero-order valence-corrected chi connectivity index (χ0v) is 19.7. The molecule has 0 amide bonds. The summed E-state index contributed by atoms with van der Waals surface area (Å²) in [6.45, 7) is 3.70. The van der Waals surface area contributed by atoms with E-state index in [9.17, 15) is 18.3 Å². The van der Waals surface area contributed by atoms with Gasteiger partial charge in [-0.05, 0) is 43.9 Å². The molecule has 1 heterocycles. The minimum Gasteiger partial charge on any atom is -0.493 e. The molecule has 2 unspecified atom stereocenters. The van der Waals surface area contributed by atoms with Gasteiger partial charge >= 0.3 is 5.97 Å². The molecule has 7 heteroatoms. The molecule has 0 radical (unpaired) electrons. The number of hydrogen-bond acceptors (Lipinski definition) is 5. The lowest BCUT2D eigenvalue weighted by Crippen LogP contribution is -2.35. The van der Waals surface area contributed by atoms with Gasteiger partial charge in [0.2, 0.25) is 0 Å². The highest BCUT2D eigenvalue weighted by molar-refractivity contribution is 7.92. The smallest absolute Gasteiger partial charge is 0.322 e. The maximum absolute atomic E-state index is 12.8. The summed E-state index contributed by atoms with van der Waals surface area (Å²) in [5, 5.41) is 11.7. The van der Waals surface area contributed by atoms with Crippen LogP contribution in [-0.2, 0) is 21.1 Å². The van der Waals surface area contributed by atoms with Crippen LogP contribution in [0.25, 0.3) is 0 Å². The number of carbonyl (C=O) groups is 1. The summed E-state index contributed by atoms with van der Waals surface area (Å²) >= 11 is 0. The molecule has 2 rings (SSSR count). The average molecular weight is 454 g/mol. The minimum atomic E-state index is -3.73. The van der Waals surface area contributed by atoms with Gasteiger partial charge in [-0.2, -0.15) is 0 Å². The number of hydrogen-bond donors (Lipinski definition) is 2. The molecule has 0 bridgehead atoms. The Hall–Kier alpha value is -1.60. The Labute approximate surface area is 187 Å². The molecule has 0 aliphatic carbocycles. The summed E-state index contributed by atoms with van der Waals surface area (Å²) in [7, 11) is -3.73. The highest BCUT2D eigenvalue weighted by Gasteiger charge is 2.33. The number of rotatable bonds is 15. The number of para-hydroxylation sites is 1. The first kappa shape index (κ1) is 25.7. The third-order valence-corrected chi connectivity index (χ3v) is 8.10. The van der Waals surface area contributed by atoms with E-state index in [1.165, 1.54) is 12.8 Å². The second kappa shape index (κ2) is 13.7. The van der Waals surface area contributed by atoms with Gasteiger partial charge in [-0.15, -0.1) is 0 Å². The van der Waals surface area contributed by atoms with Gasteiger partial charge in [0.1, 0.15) is 5.75 Å². The van der Waals surface area contributed by atoms with E-state index < -0.39 is 21.1 Å². The Morgan fingerprint density at radius 3 is 2.61 bits per heavy atom. The SMILES string of the molecule is CCCCCCCCS(=O)(=O)C(Cc1ccccc1OCCC1CCCCN1)C(=O)O. The van der Waals surface area contributed by atoms with Crippen molar-refractivity contribution in [3.8, 4) is 5.75 Å². The molecule has 1 aromatic carbocycles. The fraction of sp³-hybridized carbons (Fsp3) is 0.708. The van der Waals surface area contributed by atoms with Crippen LogP contribution in [0.2, 0.25) is 0 Å². The third kappa shape index (κ3) is 9.19. The molecule has 1 aromatic rings. The number of nitrogens with one attached hydrogen (secondary N) is 1. The first-order valence-corrected chi connectivity index (χ1v) is 13.5. The third-order valence-electron chi connectivity index (χ3n) is 6.01. The van der Waals surface area contributed by atoms with Crippen LogP contribution >= 0.6 is 0 Å². The van der Waals surface area contributed by atoms with Gasteiger partial charge in [0, 0.05) is 12.5 Å². The van der Waals surface area contributed by atoms with Crippen LogP contribution in [0.15, 0.2) is 24.3 Å². The van der Waals surface area contributed by atoms with Crippen molar-refractivity contribution in [2.45, 2.75) is 88.8 Å². The lowest BCUT2D eigenvalue weighted by molar-refractivity contribution is -0.136. The normalized spacial score (nSPS) is 17.9. The Kier molecular flexibility index (Phi) is 11.4. The monoisotopic (exact) mass is 453 g/mol. The van der Waals surface area contributed by atoms with Crippen molar-refractivity contribution in [2.24, 2.45) is 0 Å². The van der Waals surface area contributed by atoms with E-state index >= 15 is 0 Å². The zero-order valence-electron chi connectivity index (χ0n) is 18.9. The van der Waals surface area contributed by atoms with Crippen molar-refractivity contribution >= 4 is 15.8 Å². The molecule has 176 valence electrons. The number of sulfone groups is 1.